The number of anilines is 1. The highest BCUT2D eigenvalue weighted by Crippen LogP contribution is 2.30. The molecule has 1 amide bonds. The molecule has 3 aromatic rings. The molecule has 0 bridgehead atoms. The van der Waals surface area contributed by atoms with E-state index in [1.807, 2.05) is 23.1 Å². The maximum absolute atomic E-state index is 12.1. The standard InChI is InChI=1S/C15H12BrN5O3S2/c1-20-14(12-5-9(16)7-25-12)18-19-15(20)26-8-13(22)17-10-3-2-4-11(6-10)21(23)24/h2-7H,8H2,1H3,(H,17,22). The first kappa shape index (κ1) is 18.5. The molecule has 26 heavy (non-hydrogen) atoms. The predicted octanol–water partition coefficient (Wildman–Crippen LogP) is 3.95. The Bertz CT molecular complexity index is 972. The summed E-state index contributed by atoms with van der Waals surface area (Å²) in [6.45, 7) is 0. The van der Waals surface area contributed by atoms with Gasteiger partial charge in [0.15, 0.2) is 11.0 Å². The molecule has 0 saturated heterocycles. The number of thiophene rings is 1. The first-order chi connectivity index (χ1) is 12.4. The largest absolute Gasteiger partial charge is 0.325 e. The average molecular weight is 454 g/mol. The number of hydrogen-bond donors (Lipinski definition) is 1. The Hall–Kier alpha value is -2.24. The van der Waals surface area contributed by atoms with E-state index in [4.69, 9.17) is 0 Å². The Morgan fingerprint density at radius 1 is 1.42 bits per heavy atom. The van der Waals surface area contributed by atoms with Gasteiger partial charge in [0.25, 0.3) is 5.69 Å². The highest BCUT2D eigenvalue weighted by atomic mass is 79.9. The van der Waals surface area contributed by atoms with Gasteiger partial charge in [0.2, 0.25) is 5.91 Å². The highest BCUT2D eigenvalue weighted by molar-refractivity contribution is 9.10. The number of nitrogens with zero attached hydrogens (tertiary/aromatic N) is 4. The smallest absolute Gasteiger partial charge is 0.271 e. The molecule has 0 radical (unpaired) electrons. The maximum atomic E-state index is 12.1. The topological polar surface area (TPSA) is 103 Å². The van der Waals surface area contributed by atoms with Crippen molar-refractivity contribution in [3.05, 3.63) is 50.3 Å². The second-order valence-corrected chi connectivity index (χ2v) is 7.91. The van der Waals surface area contributed by atoms with E-state index in [0.717, 1.165) is 15.2 Å². The van der Waals surface area contributed by atoms with Crippen LogP contribution < -0.4 is 5.32 Å². The minimum absolute atomic E-state index is 0.0736. The minimum Gasteiger partial charge on any atom is -0.325 e. The molecule has 0 saturated carbocycles. The second-order valence-electron chi connectivity index (χ2n) is 5.14. The SMILES string of the molecule is Cn1c(SCC(=O)Nc2cccc([N+](=O)[O-])c2)nnc1-c1cc(Br)cs1. The number of halogens is 1. The van der Waals surface area contributed by atoms with Crippen LogP contribution in [0.5, 0.6) is 0 Å². The molecule has 1 N–H and O–H groups in total. The molecule has 0 atom stereocenters. The summed E-state index contributed by atoms with van der Waals surface area (Å²) in [7, 11) is 1.84. The van der Waals surface area contributed by atoms with Gasteiger partial charge in [0, 0.05) is 34.7 Å². The number of carbonyl (C=O) groups is 1. The van der Waals surface area contributed by atoms with E-state index in [1.165, 1.54) is 30.0 Å². The molecule has 3 rings (SSSR count). The van der Waals surface area contributed by atoms with E-state index in [-0.39, 0.29) is 17.3 Å². The number of non-ortho nitro benzene ring substituents is 1. The highest BCUT2D eigenvalue weighted by Gasteiger charge is 2.15. The molecule has 11 heteroatoms. The van der Waals surface area contributed by atoms with Crippen molar-refractivity contribution in [1.82, 2.24) is 14.8 Å². The predicted molar refractivity (Wildman–Crippen MR) is 104 cm³/mol. The first-order valence-corrected chi connectivity index (χ1v) is 9.91. The molecule has 0 aliphatic rings. The second kappa shape index (κ2) is 7.98. The lowest BCUT2D eigenvalue weighted by atomic mass is 10.3. The zero-order valence-corrected chi connectivity index (χ0v) is 16.6. The van der Waals surface area contributed by atoms with Gasteiger partial charge in [-0.15, -0.1) is 21.5 Å². The first-order valence-electron chi connectivity index (χ1n) is 7.25. The number of nitro groups is 1. The monoisotopic (exact) mass is 453 g/mol. The molecule has 0 unspecified atom stereocenters. The number of carbonyl (C=O) groups excluding carboxylic acids is 1. The van der Waals surface area contributed by atoms with Crippen LogP contribution in [0.15, 0.2) is 45.3 Å². The summed E-state index contributed by atoms with van der Waals surface area (Å²) in [4.78, 5) is 23.3. The number of nitro benzene ring substituents is 1. The zero-order chi connectivity index (χ0) is 18.7. The van der Waals surface area contributed by atoms with Crippen LogP contribution >= 0.6 is 39.0 Å². The van der Waals surface area contributed by atoms with E-state index in [0.29, 0.717) is 10.8 Å². The van der Waals surface area contributed by atoms with Crippen molar-refractivity contribution >= 4 is 56.3 Å². The summed E-state index contributed by atoms with van der Waals surface area (Å²) in [5, 5.41) is 24.3. The number of nitrogens with one attached hydrogen (secondary N) is 1. The van der Waals surface area contributed by atoms with Gasteiger partial charge in [-0.2, -0.15) is 0 Å². The Morgan fingerprint density at radius 3 is 2.92 bits per heavy atom. The molecule has 8 nitrogen and oxygen atoms in total. The molecule has 1 aromatic carbocycles. The van der Waals surface area contributed by atoms with Crippen LogP contribution in [-0.4, -0.2) is 31.3 Å². The van der Waals surface area contributed by atoms with E-state index in [9.17, 15) is 14.9 Å². The zero-order valence-electron chi connectivity index (χ0n) is 13.4. The molecular formula is C15H12BrN5O3S2. The fraction of sp³-hybridized carbons (Fsp3) is 0.133. The lowest BCUT2D eigenvalue weighted by Crippen LogP contribution is -2.14. The Labute approximate surface area is 164 Å². The van der Waals surface area contributed by atoms with Crippen LogP contribution in [0.4, 0.5) is 11.4 Å². The minimum atomic E-state index is -0.506. The van der Waals surface area contributed by atoms with Crippen molar-refractivity contribution < 1.29 is 9.72 Å². The van der Waals surface area contributed by atoms with E-state index >= 15 is 0 Å². The summed E-state index contributed by atoms with van der Waals surface area (Å²) >= 11 is 6.20. The normalized spacial score (nSPS) is 10.7. The summed E-state index contributed by atoms with van der Waals surface area (Å²) in [5.74, 6) is 0.559. The third kappa shape index (κ3) is 4.29. The third-order valence-corrected chi connectivity index (χ3v) is 6.00. The van der Waals surface area contributed by atoms with Crippen molar-refractivity contribution in [2.75, 3.05) is 11.1 Å². The van der Waals surface area contributed by atoms with Gasteiger partial charge in [-0.3, -0.25) is 14.9 Å². The number of benzene rings is 1. The quantitative estimate of drug-likeness (QED) is 0.344. The van der Waals surface area contributed by atoms with Gasteiger partial charge < -0.3 is 9.88 Å². The van der Waals surface area contributed by atoms with E-state index in [2.05, 4.69) is 31.4 Å². The van der Waals surface area contributed by atoms with Crippen LogP contribution in [0.1, 0.15) is 0 Å². The van der Waals surface area contributed by atoms with E-state index in [1.54, 1.807) is 17.4 Å². The number of amides is 1. The number of rotatable bonds is 6. The van der Waals surface area contributed by atoms with Crippen LogP contribution in [0.2, 0.25) is 0 Å². The summed E-state index contributed by atoms with van der Waals surface area (Å²) in [6, 6.07) is 7.77. The molecule has 0 fully saturated rings. The molecule has 134 valence electrons. The van der Waals surface area contributed by atoms with Gasteiger partial charge in [-0.1, -0.05) is 17.8 Å². The number of thioether (sulfide) groups is 1. The Morgan fingerprint density at radius 2 is 2.23 bits per heavy atom. The van der Waals surface area contributed by atoms with Gasteiger partial charge >= 0.3 is 0 Å². The van der Waals surface area contributed by atoms with Gasteiger partial charge in [0.05, 0.1) is 15.6 Å². The van der Waals surface area contributed by atoms with Gasteiger partial charge in [-0.25, -0.2) is 0 Å². The molecule has 2 aromatic heterocycles. The van der Waals surface area contributed by atoms with Crippen molar-refractivity contribution in [3.63, 3.8) is 0 Å². The van der Waals surface area contributed by atoms with Crippen LogP contribution in [0, 0.1) is 10.1 Å². The van der Waals surface area contributed by atoms with Crippen molar-refractivity contribution in [2.24, 2.45) is 7.05 Å². The Balaban J connectivity index is 1.62. The lowest BCUT2D eigenvalue weighted by Gasteiger charge is -2.05. The van der Waals surface area contributed by atoms with Gasteiger partial charge in [-0.05, 0) is 28.1 Å². The van der Waals surface area contributed by atoms with Crippen LogP contribution in [0.3, 0.4) is 0 Å². The molecular weight excluding hydrogens is 442 g/mol. The lowest BCUT2D eigenvalue weighted by molar-refractivity contribution is -0.384. The maximum Gasteiger partial charge on any atom is 0.271 e. The molecule has 0 aliphatic carbocycles. The summed E-state index contributed by atoms with van der Waals surface area (Å²) in [6.07, 6.45) is 0. The van der Waals surface area contributed by atoms with Crippen molar-refractivity contribution in [3.8, 4) is 10.7 Å². The van der Waals surface area contributed by atoms with Crippen molar-refractivity contribution in [1.29, 1.82) is 0 Å². The fourth-order valence-corrected chi connectivity index (χ4v) is 4.27. The Kier molecular flexibility index (Phi) is 5.69. The number of hydrogen-bond acceptors (Lipinski definition) is 7. The van der Waals surface area contributed by atoms with Gasteiger partial charge in [0.1, 0.15) is 0 Å². The van der Waals surface area contributed by atoms with E-state index < -0.39 is 4.92 Å². The number of aromatic nitrogens is 3. The summed E-state index contributed by atoms with van der Waals surface area (Å²) in [5.41, 5.74) is 0.308. The third-order valence-electron chi connectivity index (χ3n) is 3.30. The van der Waals surface area contributed by atoms with Crippen molar-refractivity contribution in [2.45, 2.75) is 5.16 Å². The average Bonchev–Trinajstić information content (AvgIpc) is 3.19. The molecule has 0 aliphatic heterocycles. The van der Waals surface area contributed by atoms with Crippen LogP contribution in [0.25, 0.3) is 10.7 Å². The summed E-state index contributed by atoms with van der Waals surface area (Å²) < 4.78 is 2.80. The fourth-order valence-electron chi connectivity index (χ4n) is 2.11. The molecule has 0 spiro atoms. The van der Waals surface area contributed by atoms with Crippen LogP contribution in [-0.2, 0) is 11.8 Å². The molecule has 2 heterocycles.